The summed E-state index contributed by atoms with van der Waals surface area (Å²) in [7, 11) is 0. The van der Waals surface area contributed by atoms with E-state index in [0.717, 1.165) is 22.4 Å². The molecule has 0 radical (unpaired) electrons. The van der Waals surface area contributed by atoms with Crippen LogP contribution in [0.2, 0.25) is 5.02 Å². The fraction of sp³-hybridized carbons (Fsp3) is 0.111. The number of rotatable bonds is 2. The lowest BCUT2D eigenvalue weighted by molar-refractivity contribution is -0.116. The maximum absolute atomic E-state index is 13.7. The fourth-order valence-electron chi connectivity index (χ4n) is 3.10. The number of hydrogen-bond acceptors (Lipinski definition) is 2. The molecule has 6 heteroatoms. The zero-order valence-electron chi connectivity index (χ0n) is 12.5. The second-order valence-corrected chi connectivity index (χ2v) is 6.16. The van der Waals surface area contributed by atoms with Gasteiger partial charge in [0.25, 0.3) is 0 Å². The molecule has 0 fully saturated rings. The van der Waals surface area contributed by atoms with Crippen molar-refractivity contribution in [1.29, 1.82) is 0 Å². The van der Waals surface area contributed by atoms with E-state index in [9.17, 15) is 9.18 Å². The lowest BCUT2D eigenvalue weighted by Crippen LogP contribution is -2.23. The van der Waals surface area contributed by atoms with Gasteiger partial charge in [-0.1, -0.05) is 35.9 Å². The Bertz CT molecular complexity index is 920. The molecule has 0 spiro atoms. The number of halogens is 2. The number of nitrogens with one attached hydrogen (secondary N) is 2. The average Bonchev–Trinajstić information content (AvgIpc) is 2.98. The van der Waals surface area contributed by atoms with Gasteiger partial charge in [0.2, 0.25) is 5.91 Å². The summed E-state index contributed by atoms with van der Waals surface area (Å²) in [4.78, 5) is 12.0. The highest BCUT2D eigenvalue weighted by Crippen LogP contribution is 2.41. The number of aromatic nitrogens is 2. The molecule has 3 aromatic rings. The molecule has 0 aliphatic carbocycles. The summed E-state index contributed by atoms with van der Waals surface area (Å²) in [5.74, 6) is -0.221. The number of carbonyl (C=O) groups excluding carboxylic acids is 1. The van der Waals surface area contributed by atoms with E-state index in [1.807, 2.05) is 18.2 Å². The number of anilines is 1. The summed E-state index contributed by atoms with van der Waals surface area (Å²) in [5, 5.41) is 10.6. The summed E-state index contributed by atoms with van der Waals surface area (Å²) >= 11 is 5.95. The molecule has 0 saturated carbocycles. The van der Waals surface area contributed by atoms with Crippen LogP contribution in [-0.2, 0) is 4.79 Å². The van der Waals surface area contributed by atoms with Crippen molar-refractivity contribution < 1.29 is 9.18 Å². The number of carbonyl (C=O) groups is 1. The van der Waals surface area contributed by atoms with Crippen molar-refractivity contribution in [3.8, 4) is 11.3 Å². The molecule has 1 aromatic heterocycles. The van der Waals surface area contributed by atoms with Crippen LogP contribution in [0, 0.1) is 5.82 Å². The van der Waals surface area contributed by atoms with Crippen LogP contribution in [0.5, 0.6) is 0 Å². The van der Waals surface area contributed by atoms with Crippen LogP contribution < -0.4 is 5.32 Å². The van der Waals surface area contributed by atoms with E-state index in [1.165, 1.54) is 12.1 Å². The van der Waals surface area contributed by atoms with Gasteiger partial charge in [-0.2, -0.15) is 5.10 Å². The molecule has 1 aliphatic heterocycles. The number of fused-ring (bicyclic) bond motifs is 1. The number of nitrogens with zero attached hydrogens (tertiary/aromatic N) is 1. The van der Waals surface area contributed by atoms with Crippen LogP contribution in [-0.4, -0.2) is 16.1 Å². The Morgan fingerprint density at radius 1 is 1.17 bits per heavy atom. The van der Waals surface area contributed by atoms with E-state index in [0.29, 0.717) is 10.8 Å². The van der Waals surface area contributed by atoms with Crippen LogP contribution in [0.4, 0.5) is 10.2 Å². The van der Waals surface area contributed by atoms with Gasteiger partial charge in [0, 0.05) is 28.5 Å². The Kier molecular flexibility index (Phi) is 3.58. The summed E-state index contributed by atoms with van der Waals surface area (Å²) in [5.41, 5.74) is 3.33. The van der Waals surface area contributed by atoms with Crippen molar-refractivity contribution >= 4 is 23.3 Å². The van der Waals surface area contributed by atoms with Gasteiger partial charge in [-0.25, -0.2) is 4.39 Å². The van der Waals surface area contributed by atoms with Gasteiger partial charge in [-0.3, -0.25) is 9.89 Å². The maximum Gasteiger partial charge on any atom is 0.226 e. The Hall–Kier alpha value is -2.66. The monoisotopic (exact) mass is 341 g/mol. The Morgan fingerprint density at radius 3 is 2.71 bits per heavy atom. The van der Waals surface area contributed by atoms with Crippen molar-refractivity contribution in [1.82, 2.24) is 10.2 Å². The van der Waals surface area contributed by atoms with Gasteiger partial charge >= 0.3 is 0 Å². The quantitative estimate of drug-likeness (QED) is 0.728. The predicted molar refractivity (Wildman–Crippen MR) is 90.5 cm³/mol. The molecule has 2 heterocycles. The highest BCUT2D eigenvalue weighted by atomic mass is 35.5. The van der Waals surface area contributed by atoms with Gasteiger partial charge in [0.1, 0.15) is 5.82 Å². The molecule has 1 atom stereocenters. The lowest BCUT2D eigenvalue weighted by Gasteiger charge is -2.23. The number of benzene rings is 2. The van der Waals surface area contributed by atoms with E-state index < -0.39 is 0 Å². The molecule has 24 heavy (non-hydrogen) atoms. The largest absolute Gasteiger partial charge is 0.309 e. The molecule has 1 aliphatic rings. The first-order valence-corrected chi connectivity index (χ1v) is 7.89. The van der Waals surface area contributed by atoms with Gasteiger partial charge in [0.15, 0.2) is 5.82 Å². The van der Waals surface area contributed by atoms with Crippen LogP contribution in [0.3, 0.4) is 0 Å². The summed E-state index contributed by atoms with van der Waals surface area (Å²) in [6.07, 6.45) is 0.247. The van der Waals surface area contributed by atoms with Crippen molar-refractivity contribution in [3.63, 3.8) is 0 Å². The maximum atomic E-state index is 13.7. The third-order valence-electron chi connectivity index (χ3n) is 4.18. The van der Waals surface area contributed by atoms with Crippen LogP contribution in [0.1, 0.15) is 23.5 Å². The number of hydrogen-bond donors (Lipinski definition) is 2. The molecule has 4 rings (SSSR count). The lowest BCUT2D eigenvalue weighted by atomic mass is 9.84. The summed E-state index contributed by atoms with van der Waals surface area (Å²) in [6, 6.07) is 13.7. The van der Waals surface area contributed by atoms with Crippen molar-refractivity contribution in [3.05, 3.63) is 70.5 Å². The average molecular weight is 342 g/mol. The minimum absolute atomic E-state index is 0.133. The molecule has 4 nitrogen and oxygen atoms in total. The molecular weight excluding hydrogens is 329 g/mol. The Morgan fingerprint density at radius 2 is 1.96 bits per heavy atom. The SMILES string of the molecule is O=C1C[C@H](c2cccc(F)c2)c2c(n[nH]c2-c2ccc(Cl)cc2)N1. The third kappa shape index (κ3) is 2.57. The van der Waals surface area contributed by atoms with Crippen molar-refractivity contribution in [2.45, 2.75) is 12.3 Å². The Labute approximate surface area is 142 Å². The van der Waals surface area contributed by atoms with E-state index in [4.69, 9.17) is 11.6 Å². The smallest absolute Gasteiger partial charge is 0.226 e. The summed E-state index contributed by atoms with van der Waals surface area (Å²) < 4.78 is 13.7. The third-order valence-corrected chi connectivity index (χ3v) is 4.44. The fourth-order valence-corrected chi connectivity index (χ4v) is 3.23. The van der Waals surface area contributed by atoms with E-state index in [2.05, 4.69) is 15.5 Å². The number of aromatic amines is 1. The first kappa shape index (κ1) is 14.9. The molecular formula is C18H13ClFN3O. The standard InChI is InChI=1S/C18H13ClFN3O/c19-12-6-4-10(5-7-12)17-16-14(11-2-1-3-13(20)8-11)9-15(24)21-18(16)23-22-17/h1-8,14H,9H2,(H2,21,22,23,24)/t14-/m1/s1. The van der Waals surface area contributed by atoms with Gasteiger partial charge in [0.05, 0.1) is 5.69 Å². The Balaban J connectivity index is 1.87. The van der Waals surface area contributed by atoms with Crippen LogP contribution >= 0.6 is 11.6 Å². The molecule has 0 bridgehead atoms. The zero-order chi connectivity index (χ0) is 16.7. The number of H-pyrrole nitrogens is 1. The van der Waals surface area contributed by atoms with Crippen molar-refractivity contribution in [2.24, 2.45) is 0 Å². The van der Waals surface area contributed by atoms with Gasteiger partial charge in [-0.15, -0.1) is 0 Å². The van der Waals surface area contributed by atoms with Gasteiger partial charge < -0.3 is 5.32 Å². The van der Waals surface area contributed by atoms with Crippen molar-refractivity contribution in [2.75, 3.05) is 5.32 Å². The summed E-state index contributed by atoms with van der Waals surface area (Å²) in [6.45, 7) is 0. The van der Waals surface area contributed by atoms with E-state index >= 15 is 0 Å². The normalized spacial score (nSPS) is 16.6. The predicted octanol–water partition coefficient (Wildman–Crippen LogP) is 4.34. The van der Waals surface area contributed by atoms with E-state index in [-0.39, 0.29) is 24.1 Å². The molecule has 1 amide bonds. The highest BCUT2D eigenvalue weighted by molar-refractivity contribution is 6.30. The molecule has 2 aromatic carbocycles. The minimum Gasteiger partial charge on any atom is -0.309 e. The zero-order valence-corrected chi connectivity index (χ0v) is 13.3. The van der Waals surface area contributed by atoms with Gasteiger partial charge in [-0.05, 0) is 29.8 Å². The second kappa shape index (κ2) is 5.76. The molecule has 120 valence electrons. The van der Waals surface area contributed by atoms with E-state index in [1.54, 1.807) is 18.2 Å². The van der Waals surface area contributed by atoms with Crippen LogP contribution in [0.25, 0.3) is 11.3 Å². The highest BCUT2D eigenvalue weighted by Gasteiger charge is 2.32. The topological polar surface area (TPSA) is 57.8 Å². The number of amides is 1. The molecule has 0 unspecified atom stereocenters. The molecule has 2 N–H and O–H groups in total. The second-order valence-electron chi connectivity index (χ2n) is 5.73. The first-order chi connectivity index (χ1) is 11.6. The molecule has 0 saturated heterocycles. The van der Waals surface area contributed by atoms with Crippen LogP contribution in [0.15, 0.2) is 48.5 Å². The minimum atomic E-state index is -0.323. The first-order valence-electron chi connectivity index (χ1n) is 7.51.